The van der Waals surface area contributed by atoms with E-state index in [2.05, 4.69) is 29.2 Å². The van der Waals surface area contributed by atoms with Crippen molar-refractivity contribution in [1.82, 2.24) is 9.80 Å². The number of hydrogen-bond donors (Lipinski definition) is 1. The van der Waals surface area contributed by atoms with Crippen molar-refractivity contribution in [3.05, 3.63) is 41.5 Å². The van der Waals surface area contributed by atoms with Crippen LogP contribution in [0, 0.1) is 11.3 Å². The topological polar surface area (TPSA) is 76.8 Å². The molecule has 6 nitrogen and oxygen atoms in total. The number of likely N-dealkylation sites (tertiary alicyclic amines) is 1. The number of amides is 1. The molecule has 2 saturated heterocycles. The van der Waals surface area contributed by atoms with Gasteiger partial charge in [0.15, 0.2) is 0 Å². The molecule has 3 atom stereocenters. The van der Waals surface area contributed by atoms with Gasteiger partial charge in [-0.1, -0.05) is 30.3 Å². The first-order chi connectivity index (χ1) is 13.7. The van der Waals surface area contributed by atoms with E-state index in [4.69, 9.17) is 4.74 Å². The average Bonchev–Trinajstić information content (AvgIpc) is 3.24. The number of ether oxygens (including phenoxy) is 1. The van der Waals surface area contributed by atoms with Gasteiger partial charge < -0.3 is 14.7 Å². The molecule has 1 aromatic carbocycles. The van der Waals surface area contributed by atoms with Crippen LogP contribution >= 0.6 is 0 Å². The minimum atomic E-state index is -0.533. The molecule has 1 N–H and O–H groups in total. The van der Waals surface area contributed by atoms with Crippen LogP contribution in [0.3, 0.4) is 0 Å². The molecule has 0 unspecified atom stereocenters. The maximum atomic E-state index is 12.9. The molecule has 0 aromatic heterocycles. The summed E-state index contributed by atoms with van der Waals surface area (Å²) >= 11 is 0. The van der Waals surface area contributed by atoms with Crippen molar-refractivity contribution in [2.45, 2.75) is 37.3 Å². The fraction of sp³-hybridized carbons (Fsp3) is 0.545. The zero-order valence-corrected chi connectivity index (χ0v) is 16.1. The number of rotatable bonds is 5. The minimum absolute atomic E-state index is 0.0821. The van der Waals surface area contributed by atoms with Gasteiger partial charge in [0.25, 0.3) is 0 Å². The van der Waals surface area contributed by atoms with Gasteiger partial charge in [-0.3, -0.25) is 9.69 Å². The molecule has 148 valence electrons. The third-order valence-corrected chi connectivity index (χ3v) is 6.19. The Balaban J connectivity index is 1.56. The minimum Gasteiger partial charge on any atom is -0.394 e. The van der Waals surface area contributed by atoms with Gasteiger partial charge in [0, 0.05) is 19.0 Å². The van der Waals surface area contributed by atoms with Crippen molar-refractivity contribution >= 4 is 11.5 Å². The lowest BCUT2D eigenvalue weighted by Crippen LogP contribution is -2.66. The molecular weight excluding hydrogens is 354 g/mol. The highest BCUT2D eigenvalue weighted by Gasteiger charge is 2.52. The zero-order chi connectivity index (χ0) is 19.5. The van der Waals surface area contributed by atoms with Gasteiger partial charge in [-0.05, 0) is 36.0 Å². The molecule has 1 aliphatic carbocycles. The Labute approximate surface area is 166 Å². The molecule has 3 aliphatic rings. The Morgan fingerprint density at radius 1 is 1.29 bits per heavy atom. The maximum absolute atomic E-state index is 12.9. The van der Waals surface area contributed by atoms with Crippen molar-refractivity contribution in [2.24, 2.45) is 0 Å². The van der Waals surface area contributed by atoms with Crippen LogP contribution in [0.1, 0.15) is 36.3 Å². The van der Waals surface area contributed by atoms with Crippen molar-refractivity contribution in [2.75, 3.05) is 39.5 Å². The van der Waals surface area contributed by atoms with Crippen LogP contribution in [-0.4, -0.2) is 72.4 Å². The van der Waals surface area contributed by atoms with Crippen LogP contribution in [0.25, 0.3) is 5.57 Å². The van der Waals surface area contributed by atoms with Crippen molar-refractivity contribution in [3.63, 3.8) is 0 Å². The van der Waals surface area contributed by atoms with Crippen molar-refractivity contribution in [1.29, 1.82) is 5.26 Å². The number of benzene rings is 1. The fourth-order valence-electron chi connectivity index (χ4n) is 4.75. The highest BCUT2D eigenvalue weighted by Crippen LogP contribution is 2.44. The summed E-state index contributed by atoms with van der Waals surface area (Å²) in [6, 6.07) is 9.61. The van der Waals surface area contributed by atoms with Gasteiger partial charge in [-0.15, -0.1) is 0 Å². The fourth-order valence-corrected chi connectivity index (χ4v) is 4.75. The van der Waals surface area contributed by atoms with E-state index in [1.165, 1.54) is 11.1 Å². The van der Waals surface area contributed by atoms with E-state index in [1.807, 2.05) is 12.1 Å². The SMILES string of the molecule is N#C[C@H]1[C@H](c2ccccc2C2=CCCC2)[C@@H](CO)N1C(=O)CN1CCOCC1. The van der Waals surface area contributed by atoms with E-state index in [9.17, 15) is 15.2 Å². The Morgan fingerprint density at radius 3 is 2.75 bits per heavy atom. The predicted molar refractivity (Wildman–Crippen MR) is 105 cm³/mol. The molecule has 1 aromatic rings. The van der Waals surface area contributed by atoms with Crippen LogP contribution < -0.4 is 0 Å². The van der Waals surface area contributed by atoms with E-state index < -0.39 is 6.04 Å². The lowest BCUT2D eigenvalue weighted by molar-refractivity contribution is -0.149. The predicted octanol–water partition coefficient (Wildman–Crippen LogP) is 1.76. The van der Waals surface area contributed by atoms with Crippen LogP contribution in [0.5, 0.6) is 0 Å². The number of carbonyl (C=O) groups is 1. The molecule has 0 spiro atoms. The van der Waals surface area contributed by atoms with Gasteiger partial charge in [-0.25, -0.2) is 0 Å². The molecule has 0 radical (unpaired) electrons. The van der Waals surface area contributed by atoms with Gasteiger partial charge >= 0.3 is 0 Å². The normalized spacial score (nSPS) is 27.8. The summed E-state index contributed by atoms with van der Waals surface area (Å²) in [5.74, 6) is -0.234. The first kappa shape index (κ1) is 19.1. The average molecular weight is 381 g/mol. The van der Waals surface area contributed by atoms with Crippen LogP contribution in [0.15, 0.2) is 30.3 Å². The second kappa shape index (κ2) is 8.44. The molecule has 0 saturated carbocycles. The molecule has 2 fully saturated rings. The highest BCUT2D eigenvalue weighted by molar-refractivity contribution is 5.81. The molecule has 4 rings (SSSR count). The highest BCUT2D eigenvalue weighted by atomic mass is 16.5. The Bertz CT molecular complexity index is 794. The largest absolute Gasteiger partial charge is 0.394 e. The Hall–Kier alpha value is -2.20. The molecule has 2 heterocycles. The second-order valence-corrected chi connectivity index (χ2v) is 7.75. The Kier molecular flexibility index (Phi) is 5.77. The number of morpholine rings is 1. The maximum Gasteiger partial charge on any atom is 0.238 e. The van der Waals surface area contributed by atoms with Gasteiger partial charge in [-0.2, -0.15) is 5.26 Å². The van der Waals surface area contributed by atoms with E-state index in [-0.39, 0.29) is 31.0 Å². The number of nitrogens with zero attached hydrogens (tertiary/aromatic N) is 3. The summed E-state index contributed by atoms with van der Waals surface area (Å²) in [7, 11) is 0. The lowest BCUT2D eigenvalue weighted by atomic mass is 9.73. The van der Waals surface area contributed by atoms with Gasteiger partial charge in [0.2, 0.25) is 5.91 Å². The Morgan fingerprint density at radius 2 is 2.07 bits per heavy atom. The van der Waals surface area contributed by atoms with E-state index in [1.54, 1.807) is 4.90 Å². The van der Waals surface area contributed by atoms with Gasteiger partial charge in [0.1, 0.15) is 6.04 Å². The quantitative estimate of drug-likeness (QED) is 0.841. The first-order valence-corrected chi connectivity index (χ1v) is 10.1. The monoisotopic (exact) mass is 381 g/mol. The summed E-state index contributed by atoms with van der Waals surface area (Å²) in [6.45, 7) is 2.84. The second-order valence-electron chi connectivity index (χ2n) is 7.75. The van der Waals surface area contributed by atoms with E-state index in [0.717, 1.165) is 37.9 Å². The standard InChI is InChI=1S/C22H27N3O3/c23-13-19-22(18-8-4-3-7-17(18)16-5-1-2-6-16)20(15-26)25(19)21(27)14-24-9-11-28-12-10-24/h3-5,7-8,19-20,22,26H,1-2,6,9-12,14-15H2/t19-,20+,22-/m0/s1. The number of carbonyl (C=O) groups excluding carboxylic acids is 1. The smallest absolute Gasteiger partial charge is 0.238 e. The number of allylic oxidation sites excluding steroid dienone is 2. The van der Waals surface area contributed by atoms with Crippen LogP contribution in [-0.2, 0) is 9.53 Å². The van der Waals surface area contributed by atoms with Crippen molar-refractivity contribution in [3.8, 4) is 6.07 Å². The number of hydrogen-bond acceptors (Lipinski definition) is 5. The van der Waals surface area contributed by atoms with Gasteiger partial charge in [0.05, 0.1) is 38.5 Å². The van der Waals surface area contributed by atoms with E-state index in [0.29, 0.717) is 13.2 Å². The third kappa shape index (κ3) is 3.46. The summed E-state index contributed by atoms with van der Waals surface area (Å²) in [5, 5.41) is 19.9. The summed E-state index contributed by atoms with van der Waals surface area (Å²) in [5.41, 5.74) is 3.57. The first-order valence-electron chi connectivity index (χ1n) is 10.1. The molecule has 2 aliphatic heterocycles. The summed E-state index contributed by atoms with van der Waals surface area (Å²) in [4.78, 5) is 16.6. The third-order valence-electron chi connectivity index (χ3n) is 6.19. The summed E-state index contributed by atoms with van der Waals surface area (Å²) in [6.07, 6.45) is 5.56. The molecular formula is C22H27N3O3. The molecule has 0 bridgehead atoms. The number of aliphatic hydroxyl groups is 1. The lowest BCUT2D eigenvalue weighted by Gasteiger charge is -2.52. The number of aliphatic hydroxyl groups excluding tert-OH is 1. The molecule has 1 amide bonds. The molecule has 6 heteroatoms. The zero-order valence-electron chi connectivity index (χ0n) is 16.1. The molecule has 28 heavy (non-hydrogen) atoms. The van der Waals surface area contributed by atoms with Crippen molar-refractivity contribution < 1.29 is 14.6 Å². The van der Waals surface area contributed by atoms with Crippen LogP contribution in [0.4, 0.5) is 0 Å². The van der Waals surface area contributed by atoms with Crippen LogP contribution in [0.2, 0.25) is 0 Å². The summed E-state index contributed by atoms with van der Waals surface area (Å²) < 4.78 is 5.34. The number of nitriles is 1. The van der Waals surface area contributed by atoms with E-state index >= 15 is 0 Å².